The molecule has 0 unspecified atom stereocenters. The molecule has 27 heavy (non-hydrogen) atoms. The number of thioether (sulfide) groups is 1. The number of para-hydroxylation sites is 1. The SMILES string of the molecule is CC(C)[C@](C)(C#N)NC(=O)[C@@H](C)Sc1nc2ccccc2c(=O)n1C1CC1. The molecule has 0 aliphatic heterocycles. The predicted octanol–water partition coefficient (Wildman–Crippen LogP) is 3.27. The third-order valence-corrected chi connectivity index (χ3v) is 6.18. The van der Waals surface area contributed by atoms with E-state index in [1.165, 1.54) is 11.8 Å². The number of nitrogens with zero attached hydrogens (tertiary/aromatic N) is 3. The summed E-state index contributed by atoms with van der Waals surface area (Å²) < 4.78 is 1.72. The molecule has 1 heterocycles. The van der Waals surface area contributed by atoms with Gasteiger partial charge in [0, 0.05) is 6.04 Å². The maximum absolute atomic E-state index is 12.9. The molecule has 6 nitrogen and oxygen atoms in total. The van der Waals surface area contributed by atoms with E-state index in [2.05, 4.69) is 16.4 Å². The lowest BCUT2D eigenvalue weighted by atomic mass is 9.90. The van der Waals surface area contributed by atoms with Crippen LogP contribution in [0.4, 0.5) is 0 Å². The number of rotatable bonds is 6. The van der Waals surface area contributed by atoms with Gasteiger partial charge in [-0.25, -0.2) is 4.98 Å². The lowest BCUT2D eigenvalue weighted by Crippen LogP contribution is -2.51. The van der Waals surface area contributed by atoms with Crippen molar-refractivity contribution >= 4 is 28.6 Å². The summed E-state index contributed by atoms with van der Waals surface area (Å²) >= 11 is 1.27. The van der Waals surface area contributed by atoms with Crippen LogP contribution in [-0.4, -0.2) is 26.2 Å². The third kappa shape index (κ3) is 3.86. The molecule has 1 fully saturated rings. The lowest BCUT2D eigenvalue weighted by molar-refractivity contribution is -0.121. The predicted molar refractivity (Wildman–Crippen MR) is 107 cm³/mol. The molecule has 7 heteroatoms. The van der Waals surface area contributed by atoms with Gasteiger partial charge in [-0.15, -0.1) is 0 Å². The normalized spacial score (nSPS) is 17.3. The van der Waals surface area contributed by atoms with E-state index in [0.717, 1.165) is 12.8 Å². The minimum Gasteiger partial charge on any atom is -0.337 e. The molecule has 1 N–H and O–H groups in total. The molecule has 2 atom stereocenters. The van der Waals surface area contributed by atoms with E-state index in [9.17, 15) is 14.9 Å². The largest absolute Gasteiger partial charge is 0.337 e. The number of carbonyl (C=O) groups is 1. The molecule has 1 saturated carbocycles. The number of fused-ring (bicyclic) bond motifs is 1. The average Bonchev–Trinajstić information content (AvgIpc) is 3.46. The van der Waals surface area contributed by atoms with E-state index < -0.39 is 10.8 Å². The Morgan fingerprint density at radius 3 is 2.63 bits per heavy atom. The number of aromatic nitrogens is 2. The third-order valence-electron chi connectivity index (χ3n) is 5.11. The van der Waals surface area contributed by atoms with E-state index in [1.807, 2.05) is 32.0 Å². The first kappa shape index (κ1) is 19.4. The first-order chi connectivity index (χ1) is 12.8. The summed E-state index contributed by atoms with van der Waals surface area (Å²) in [6.07, 6.45) is 1.90. The molecule has 1 amide bonds. The van der Waals surface area contributed by atoms with Gasteiger partial charge in [0.15, 0.2) is 5.16 Å². The highest BCUT2D eigenvalue weighted by Crippen LogP contribution is 2.37. The zero-order valence-corrected chi connectivity index (χ0v) is 16.8. The Bertz CT molecular complexity index is 974. The highest BCUT2D eigenvalue weighted by Gasteiger charge is 2.33. The van der Waals surface area contributed by atoms with E-state index in [0.29, 0.717) is 16.1 Å². The van der Waals surface area contributed by atoms with E-state index in [4.69, 9.17) is 0 Å². The van der Waals surface area contributed by atoms with Crippen molar-refractivity contribution < 1.29 is 4.79 Å². The fraction of sp³-hybridized carbons (Fsp3) is 0.500. The van der Waals surface area contributed by atoms with Gasteiger partial charge in [0.1, 0.15) is 5.54 Å². The molecule has 0 radical (unpaired) electrons. The van der Waals surface area contributed by atoms with E-state index >= 15 is 0 Å². The Hall–Kier alpha value is -2.33. The minimum atomic E-state index is -0.932. The Morgan fingerprint density at radius 1 is 1.37 bits per heavy atom. The fourth-order valence-corrected chi connectivity index (χ4v) is 3.71. The first-order valence-electron chi connectivity index (χ1n) is 9.18. The summed E-state index contributed by atoms with van der Waals surface area (Å²) in [4.78, 5) is 30.2. The van der Waals surface area contributed by atoms with Crippen LogP contribution < -0.4 is 10.9 Å². The van der Waals surface area contributed by atoms with Crippen molar-refractivity contribution in [1.29, 1.82) is 5.26 Å². The maximum atomic E-state index is 12.9. The minimum absolute atomic E-state index is 0.0212. The van der Waals surface area contributed by atoms with Gasteiger partial charge >= 0.3 is 0 Å². The molecule has 1 aliphatic carbocycles. The Balaban J connectivity index is 1.90. The molecule has 1 aromatic carbocycles. The molecular weight excluding hydrogens is 360 g/mol. The van der Waals surface area contributed by atoms with Crippen molar-refractivity contribution in [2.45, 2.75) is 62.5 Å². The van der Waals surface area contributed by atoms with Crippen LogP contribution in [0.5, 0.6) is 0 Å². The van der Waals surface area contributed by atoms with Crippen LogP contribution >= 0.6 is 11.8 Å². The lowest BCUT2D eigenvalue weighted by Gasteiger charge is -2.28. The molecule has 1 aliphatic rings. The van der Waals surface area contributed by atoms with Gasteiger partial charge in [-0.3, -0.25) is 14.2 Å². The number of carbonyl (C=O) groups excluding carboxylic acids is 1. The Labute approximate surface area is 163 Å². The van der Waals surface area contributed by atoms with Crippen molar-refractivity contribution in [1.82, 2.24) is 14.9 Å². The number of amides is 1. The topological polar surface area (TPSA) is 87.8 Å². The van der Waals surface area contributed by atoms with Crippen molar-refractivity contribution in [3.63, 3.8) is 0 Å². The van der Waals surface area contributed by atoms with Crippen molar-refractivity contribution in [3.8, 4) is 6.07 Å². The van der Waals surface area contributed by atoms with Gasteiger partial charge < -0.3 is 5.32 Å². The standard InChI is InChI=1S/C20H24N4O2S/c1-12(2)20(4,11-21)23-17(25)13(3)27-19-22-16-8-6-5-7-15(16)18(26)24(19)14-9-10-14/h5-8,12-14H,9-10H2,1-4H3,(H,23,25)/t13-,20+/m1/s1. The molecule has 3 rings (SSSR count). The maximum Gasteiger partial charge on any atom is 0.262 e. The van der Waals surface area contributed by atoms with Crippen LogP contribution in [0.15, 0.2) is 34.2 Å². The smallest absolute Gasteiger partial charge is 0.262 e. The van der Waals surface area contributed by atoms with Crippen LogP contribution in [0.25, 0.3) is 10.9 Å². The number of hydrogen-bond acceptors (Lipinski definition) is 5. The summed E-state index contributed by atoms with van der Waals surface area (Å²) in [6.45, 7) is 7.30. The van der Waals surface area contributed by atoms with E-state index in [-0.39, 0.29) is 23.4 Å². The Kier molecular flexibility index (Phi) is 5.29. The first-order valence-corrected chi connectivity index (χ1v) is 10.1. The van der Waals surface area contributed by atoms with Crippen LogP contribution in [0.3, 0.4) is 0 Å². The highest BCUT2D eigenvalue weighted by molar-refractivity contribution is 8.00. The quantitative estimate of drug-likeness (QED) is 0.610. The zero-order chi connectivity index (χ0) is 19.8. The Morgan fingerprint density at radius 2 is 2.04 bits per heavy atom. The van der Waals surface area contributed by atoms with Crippen LogP contribution in [0.2, 0.25) is 0 Å². The number of hydrogen-bond donors (Lipinski definition) is 1. The summed E-state index contributed by atoms with van der Waals surface area (Å²) in [5, 5.41) is 13.0. The summed E-state index contributed by atoms with van der Waals surface area (Å²) in [5.41, 5.74) is -0.348. The van der Waals surface area contributed by atoms with Gasteiger partial charge in [-0.05, 0) is 44.7 Å². The molecule has 0 saturated heterocycles. The number of nitrogens with one attached hydrogen (secondary N) is 1. The summed E-state index contributed by atoms with van der Waals surface area (Å²) in [5.74, 6) is -0.255. The molecule has 0 spiro atoms. The second kappa shape index (κ2) is 7.35. The van der Waals surface area contributed by atoms with Gasteiger partial charge in [0.05, 0.1) is 22.2 Å². The molecule has 1 aromatic heterocycles. The molecule has 142 valence electrons. The highest BCUT2D eigenvalue weighted by atomic mass is 32.2. The molecular formula is C20H24N4O2S. The molecule has 2 aromatic rings. The van der Waals surface area contributed by atoms with Crippen molar-refractivity contribution in [2.24, 2.45) is 5.92 Å². The zero-order valence-electron chi connectivity index (χ0n) is 16.0. The van der Waals surface area contributed by atoms with Crippen LogP contribution in [0, 0.1) is 17.2 Å². The van der Waals surface area contributed by atoms with Gasteiger partial charge in [0.2, 0.25) is 5.91 Å². The van der Waals surface area contributed by atoms with Gasteiger partial charge in [-0.1, -0.05) is 37.7 Å². The van der Waals surface area contributed by atoms with Gasteiger partial charge in [0.25, 0.3) is 5.56 Å². The van der Waals surface area contributed by atoms with Crippen molar-refractivity contribution in [2.75, 3.05) is 0 Å². The number of nitriles is 1. The van der Waals surface area contributed by atoms with Crippen LogP contribution in [0.1, 0.15) is 46.6 Å². The average molecular weight is 385 g/mol. The van der Waals surface area contributed by atoms with Crippen LogP contribution in [-0.2, 0) is 4.79 Å². The summed E-state index contributed by atoms with van der Waals surface area (Å²) in [6, 6.07) is 9.63. The number of benzene rings is 1. The second-order valence-corrected chi connectivity index (χ2v) is 8.84. The monoisotopic (exact) mass is 384 g/mol. The fourth-order valence-electron chi connectivity index (χ4n) is 2.73. The molecule has 0 bridgehead atoms. The van der Waals surface area contributed by atoms with Crippen molar-refractivity contribution in [3.05, 3.63) is 34.6 Å². The van der Waals surface area contributed by atoms with Gasteiger partial charge in [-0.2, -0.15) is 5.26 Å². The second-order valence-electron chi connectivity index (χ2n) is 7.54. The summed E-state index contributed by atoms with van der Waals surface area (Å²) in [7, 11) is 0. The van der Waals surface area contributed by atoms with E-state index in [1.54, 1.807) is 24.5 Å².